The van der Waals surface area contributed by atoms with E-state index in [1.807, 2.05) is 0 Å². The third kappa shape index (κ3) is 3.34. The normalized spacial score (nSPS) is 15.2. The minimum absolute atomic E-state index is 0.335. The summed E-state index contributed by atoms with van der Waals surface area (Å²) in [5.41, 5.74) is 0. The van der Waals surface area contributed by atoms with Gasteiger partial charge in [-0.05, 0) is 14.0 Å². The van der Waals surface area contributed by atoms with E-state index >= 15 is 0 Å². The van der Waals surface area contributed by atoms with Crippen LogP contribution < -0.4 is 5.32 Å². The van der Waals surface area contributed by atoms with Crippen LogP contribution in [0.4, 0.5) is 0 Å². The maximum absolute atomic E-state index is 10.5. The Kier molecular flexibility index (Phi) is 4.28. The van der Waals surface area contributed by atoms with Gasteiger partial charge < -0.3 is 15.5 Å². The Morgan fingerprint density at radius 1 is 1.42 bits per heavy atom. The third-order valence-electron chi connectivity index (χ3n) is 1.77. The van der Waals surface area contributed by atoms with Crippen molar-refractivity contribution in [2.75, 3.05) is 7.05 Å². The Morgan fingerprint density at radius 3 is 2.17 bits per heavy atom. The first-order valence-electron chi connectivity index (χ1n) is 3.61. The van der Waals surface area contributed by atoms with Crippen LogP contribution >= 0.6 is 0 Å². The Hall–Kier alpha value is -1.10. The van der Waals surface area contributed by atoms with Gasteiger partial charge in [0.05, 0.1) is 12.3 Å². The van der Waals surface area contributed by atoms with E-state index in [1.165, 1.54) is 0 Å². The molecule has 2 unspecified atom stereocenters. The van der Waals surface area contributed by atoms with Crippen molar-refractivity contribution in [3.8, 4) is 0 Å². The number of rotatable bonds is 5. The zero-order valence-corrected chi connectivity index (χ0v) is 7.07. The fourth-order valence-electron chi connectivity index (χ4n) is 0.867. The summed E-state index contributed by atoms with van der Waals surface area (Å²) in [7, 11) is 1.60. The van der Waals surface area contributed by atoms with E-state index in [2.05, 4.69) is 5.32 Å². The van der Waals surface area contributed by atoms with E-state index < -0.39 is 17.9 Å². The predicted octanol–water partition coefficient (Wildman–Crippen LogP) is -0.230. The van der Waals surface area contributed by atoms with Crippen LogP contribution in [0, 0.1) is 5.92 Å². The van der Waals surface area contributed by atoms with Gasteiger partial charge in [0.15, 0.2) is 0 Å². The van der Waals surface area contributed by atoms with Gasteiger partial charge in [0.1, 0.15) is 0 Å². The van der Waals surface area contributed by atoms with Crippen molar-refractivity contribution >= 4 is 11.9 Å². The van der Waals surface area contributed by atoms with Gasteiger partial charge in [-0.1, -0.05) is 0 Å². The molecule has 0 aromatic carbocycles. The van der Waals surface area contributed by atoms with Gasteiger partial charge in [-0.15, -0.1) is 0 Å². The van der Waals surface area contributed by atoms with E-state index in [1.54, 1.807) is 14.0 Å². The van der Waals surface area contributed by atoms with Gasteiger partial charge in [0.25, 0.3) is 0 Å². The molecule has 5 heteroatoms. The predicted molar refractivity (Wildman–Crippen MR) is 41.9 cm³/mol. The lowest BCUT2D eigenvalue weighted by Crippen LogP contribution is -2.36. The second-order valence-corrected chi connectivity index (χ2v) is 2.62. The molecule has 0 bridgehead atoms. The summed E-state index contributed by atoms with van der Waals surface area (Å²) < 4.78 is 0. The van der Waals surface area contributed by atoms with E-state index in [0.717, 1.165) is 0 Å². The fraction of sp³-hybridized carbons (Fsp3) is 0.714. The lowest BCUT2D eigenvalue weighted by molar-refractivity contribution is -0.149. The first-order valence-corrected chi connectivity index (χ1v) is 3.61. The number of carboxylic acids is 2. The van der Waals surface area contributed by atoms with Gasteiger partial charge in [-0.3, -0.25) is 9.59 Å². The standard InChI is InChI=1S/C7H13NO4/c1-4(8-2)5(7(11)12)3-6(9)10/h4-5,8H,3H2,1-2H3,(H,9,10)(H,11,12). The van der Waals surface area contributed by atoms with Crippen molar-refractivity contribution in [2.45, 2.75) is 19.4 Å². The lowest BCUT2D eigenvalue weighted by Gasteiger charge is -2.17. The smallest absolute Gasteiger partial charge is 0.308 e. The minimum atomic E-state index is -1.09. The average Bonchev–Trinajstić information content (AvgIpc) is 1.98. The van der Waals surface area contributed by atoms with Crippen LogP contribution in [-0.4, -0.2) is 35.2 Å². The van der Waals surface area contributed by atoms with Crippen molar-refractivity contribution in [3.63, 3.8) is 0 Å². The van der Waals surface area contributed by atoms with Crippen LogP contribution in [0.15, 0.2) is 0 Å². The van der Waals surface area contributed by atoms with Crippen LogP contribution in [0.1, 0.15) is 13.3 Å². The SMILES string of the molecule is CNC(C)C(CC(=O)O)C(=O)O. The summed E-state index contributed by atoms with van der Waals surface area (Å²) in [6.07, 6.45) is -0.350. The van der Waals surface area contributed by atoms with Crippen LogP contribution in [0.2, 0.25) is 0 Å². The van der Waals surface area contributed by atoms with E-state index in [0.29, 0.717) is 0 Å². The Labute approximate surface area is 70.4 Å². The Morgan fingerprint density at radius 2 is 1.92 bits per heavy atom. The van der Waals surface area contributed by atoms with Crippen molar-refractivity contribution in [3.05, 3.63) is 0 Å². The van der Waals surface area contributed by atoms with Gasteiger partial charge in [-0.25, -0.2) is 0 Å². The van der Waals surface area contributed by atoms with Crippen LogP contribution in [0.3, 0.4) is 0 Å². The molecule has 0 aliphatic heterocycles. The molecule has 0 saturated carbocycles. The van der Waals surface area contributed by atoms with Crippen molar-refractivity contribution < 1.29 is 19.8 Å². The monoisotopic (exact) mass is 175 g/mol. The highest BCUT2D eigenvalue weighted by atomic mass is 16.4. The van der Waals surface area contributed by atoms with E-state index in [-0.39, 0.29) is 12.5 Å². The van der Waals surface area contributed by atoms with E-state index in [9.17, 15) is 9.59 Å². The van der Waals surface area contributed by atoms with E-state index in [4.69, 9.17) is 10.2 Å². The topological polar surface area (TPSA) is 86.6 Å². The second-order valence-electron chi connectivity index (χ2n) is 2.62. The molecule has 70 valence electrons. The van der Waals surface area contributed by atoms with Crippen LogP contribution in [0.5, 0.6) is 0 Å². The maximum Gasteiger partial charge on any atom is 0.308 e. The van der Waals surface area contributed by atoms with Crippen molar-refractivity contribution in [1.29, 1.82) is 0 Å². The molecule has 0 amide bonds. The second kappa shape index (κ2) is 4.71. The maximum atomic E-state index is 10.5. The number of carbonyl (C=O) groups is 2. The molecule has 2 atom stereocenters. The molecule has 0 fully saturated rings. The minimum Gasteiger partial charge on any atom is -0.481 e. The molecule has 0 aromatic rings. The molecule has 0 aliphatic rings. The average molecular weight is 175 g/mol. The summed E-state index contributed by atoms with van der Waals surface area (Å²) in [4.78, 5) is 20.8. The largest absolute Gasteiger partial charge is 0.481 e. The molecule has 0 heterocycles. The highest BCUT2D eigenvalue weighted by molar-refractivity contribution is 5.78. The van der Waals surface area contributed by atoms with Crippen LogP contribution in [-0.2, 0) is 9.59 Å². The molecule has 0 aromatic heterocycles. The zero-order valence-electron chi connectivity index (χ0n) is 7.07. The number of aliphatic carboxylic acids is 2. The summed E-state index contributed by atoms with van der Waals surface area (Å²) in [5, 5.41) is 19.7. The van der Waals surface area contributed by atoms with Gasteiger partial charge in [-0.2, -0.15) is 0 Å². The molecule has 0 radical (unpaired) electrons. The highest BCUT2D eigenvalue weighted by Gasteiger charge is 2.25. The number of hydrogen-bond donors (Lipinski definition) is 3. The van der Waals surface area contributed by atoms with Gasteiger partial charge in [0.2, 0.25) is 0 Å². The lowest BCUT2D eigenvalue weighted by atomic mass is 9.98. The Bertz CT molecular complexity index is 180. The first-order chi connectivity index (χ1) is 5.49. The third-order valence-corrected chi connectivity index (χ3v) is 1.77. The first kappa shape index (κ1) is 10.9. The molecule has 0 spiro atoms. The fourth-order valence-corrected chi connectivity index (χ4v) is 0.867. The summed E-state index contributed by atoms with van der Waals surface area (Å²) in [6.45, 7) is 1.64. The summed E-state index contributed by atoms with van der Waals surface area (Å²) in [5.74, 6) is -3.05. The summed E-state index contributed by atoms with van der Waals surface area (Å²) in [6, 6.07) is -0.335. The molecular weight excluding hydrogens is 162 g/mol. The molecule has 0 aliphatic carbocycles. The number of nitrogens with one attached hydrogen (secondary N) is 1. The molecule has 12 heavy (non-hydrogen) atoms. The van der Waals surface area contributed by atoms with Crippen molar-refractivity contribution in [1.82, 2.24) is 5.32 Å². The van der Waals surface area contributed by atoms with Crippen molar-refractivity contribution in [2.24, 2.45) is 5.92 Å². The van der Waals surface area contributed by atoms with Gasteiger partial charge in [0, 0.05) is 6.04 Å². The molecule has 5 nitrogen and oxygen atoms in total. The highest BCUT2D eigenvalue weighted by Crippen LogP contribution is 2.08. The zero-order chi connectivity index (χ0) is 9.72. The van der Waals surface area contributed by atoms with Crippen LogP contribution in [0.25, 0.3) is 0 Å². The molecule has 0 saturated heterocycles. The molecule has 3 N–H and O–H groups in total. The quantitative estimate of drug-likeness (QED) is 0.537. The summed E-state index contributed by atoms with van der Waals surface area (Å²) >= 11 is 0. The Balaban J connectivity index is 4.22. The molecular formula is C7H13NO4. The number of hydrogen-bond acceptors (Lipinski definition) is 3. The molecule has 0 rings (SSSR count). The van der Waals surface area contributed by atoms with Gasteiger partial charge >= 0.3 is 11.9 Å². The number of carboxylic acid groups (broad SMARTS) is 2.